The lowest BCUT2D eigenvalue weighted by Crippen LogP contribution is -2.14. The van der Waals surface area contributed by atoms with Crippen LogP contribution >= 0.6 is 0 Å². The van der Waals surface area contributed by atoms with Crippen molar-refractivity contribution in [2.24, 2.45) is 0 Å². The van der Waals surface area contributed by atoms with Crippen molar-refractivity contribution in [1.29, 1.82) is 0 Å². The second kappa shape index (κ2) is 8.51. The molecule has 0 aliphatic carbocycles. The number of benzene rings is 3. The van der Waals surface area contributed by atoms with Crippen LogP contribution in [0.15, 0.2) is 76.0 Å². The molecule has 1 aromatic heterocycles. The van der Waals surface area contributed by atoms with Crippen molar-refractivity contribution in [3.05, 3.63) is 83.4 Å². The van der Waals surface area contributed by atoms with Gasteiger partial charge in [-0.25, -0.2) is 13.2 Å². The molecule has 7 heteroatoms. The van der Waals surface area contributed by atoms with Gasteiger partial charge in [-0.3, -0.25) is 4.72 Å². The Bertz CT molecular complexity index is 1390. The molecule has 4 rings (SSSR count). The first kappa shape index (κ1) is 21.6. The minimum absolute atomic E-state index is 0.158. The molecule has 3 aromatic carbocycles. The van der Waals surface area contributed by atoms with Crippen LogP contribution in [-0.2, 0) is 14.8 Å². The van der Waals surface area contributed by atoms with E-state index >= 15 is 0 Å². The molecule has 164 valence electrons. The Labute approximate surface area is 186 Å². The van der Waals surface area contributed by atoms with Crippen molar-refractivity contribution in [2.75, 3.05) is 11.3 Å². The van der Waals surface area contributed by atoms with E-state index in [9.17, 15) is 13.2 Å². The normalized spacial score (nSPS) is 11.5. The summed E-state index contributed by atoms with van der Waals surface area (Å²) in [5.41, 5.74) is 3.46. The number of rotatable bonds is 6. The quantitative estimate of drug-likeness (QED) is 0.382. The molecule has 32 heavy (non-hydrogen) atoms. The second-order valence-electron chi connectivity index (χ2n) is 7.47. The smallest absolute Gasteiger partial charge is 0.342 e. The Hall–Kier alpha value is -3.58. The lowest BCUT2D eigenvalue weighted by atomic mass is 10.0. The van der Waals surface area contributed by atoms with Crippen molar-refractivity contribution in [1.82, 2.24) is 0 Å². The topological polar surface area (TPSA) is 85.6 Å². The van der Waals surface area contributed by atoms with Crippen LogP contribution in [0.25, 0.3) is 22.3 Å². The van der Waals surface area contributed by atoms with E-state index in [0.717, 1.165) is 11.1 Å². The van der Waals surface area contributed by atoms with E-state index in [0.29, 0.717) is 28.0 Å². The predicted molar refractivity (Wildman–Crippen MR) is 124 cm³/mol. The highest BCUT2D eigenvalue weighted by molar-refractivity contribution is 7.92. The molecule has 0 radical (unpaired) electrons. The first-order valence-electron chi connectivity index (χ1n) is 10.2. The van der Waals surface area contributed by atoms with Gasteiger partial charge < -0.3 is 9.15 Å². The van der Waals surface area contributed by atoms with Crippen molar-refractivity contribution in [2.45, 2.75) is 25.7 Å². The number of ether oxygens (including phenoxy) is 1. The highest BCUT2D eigenvalue weighted by atomic mass is 32.2. The van der Waals surface area contributed by atoms with Crippen LogP contribution in [0.2, 0.25) is 0 Å². The lowest BCUT2D eigenvalue weighted by Gasteiger charge is -2.11. The molecule has 0 aliphatic rings. The van der Waals surface area contributed by atoms with Gasteiger partial charge in [0.1, 0.15) is 16.9 Å². The molecule has 0 fully saturated rings. The molecular formula is C25H23NO5S. The molecule has 0 saturated carbocycles. The van der Waals surface area contributed by atoms with Crippen LogP contribution in [-0.4, -0.2) is 21.0 Å². The number of esters is 1. The summed E-state index contributed by atoms with van der Waals surface area (Å²) in [6, 6.07) is 19.2. The number of hydrogen-bond acceptors (Lipinski definition) is 5. The molecule has 0 bridgehead atoms. The third-order valence-electron chi connectivity index (χ3n) is 5.13. The van der Waals surface area contributed by atoms with Gasteiger partial charge >= 0.3 is 5.97 Å². The maximum absolute atomic E-state index is 12.9. The summed E-state index contributed by atoms with van der Waals surface area (Å²) in [5, 5.41) is 0.481. The van der Waals surface area contributed by atoms with Gasteiger partial charge in [-0.1, -0.05) is 48.0 Å². The van der Waals surface area contributed by atoms with Crippen LogP contribution in [0.4, 0.5) is 5.69 Å². The Morgan fingerprint density at radius 1 is 1.00 bits per heavy atom. The Morgan fingerprint density at radius 3 is 2.34 bits per heavy atom. The summed E-state index contributed by atoms with van der Waals surface area (Å²) < 4.78 is 39.8. The average molecular weight is 450 g/mol. The predicted octanol–water partition coefficient (Wildman–Crippen LogP) is 5.69. The molecule has 0 saturated heterocycles. The first-order chi connectivity index (χ1) is 15.3. The number of carbonyl (C=O) groups is 1. The molecule has 6 nitrogen and oxygen atoms in total. The number of anilines is 1. The molecule has 0 unspecified atom stereocenters. The van der Waals surface area contributed by atoms with Crippen molar-refractivity contribution < 1.29 is 22.4 Å². The first-order valence-corrected chi connectivity index (χ1v) is 11.7. The zero-order chi connectivity index (χ0) is 22.9. The van der Waals surface area contributed by atoms with Gasteiger partial charge in [0.05, 0.1) is 17.2 Å². The van der Waals surface area contributed by atoms with Gasteiger partial charge in [-0.2, -0.15) is 0 Å². The summed E-state index contributed by atoms with van der Waals surface area (Å²) in [4.78, 5) is 13.0. The Kier molecular flexibility index (Phi) is 5.76. The summed E-state index contributed by atoms with van der Waals surface area (Å²) in [6.07, 6.45) is 0. The highest BCUT2D eigenvalue weighted by Gasteiger charge is 2.25. The van der Waals surface area contributed by atoms with Crippen LogP contribution in [0.3, 0.4) is 0 Å². The Balaban J connectivity index is 1.85. The van der Waals surface area contributed by atoms with Gasteiger partial charge in [0, 0.05) is 10.9 Å². The molecule has 0 spiro atoms. The molecule has 1 N–H and O–H groups in total. The van der Waals surface area contributed by atoms with E-state index < -0.39 is 16.0 Å². The standard InChI is InChI=1S/C25H23NO5S/c1-4-30-25(27)23-20-15-21(26-32(28,29)19-12-10-16(2)11-13-19)17(3)14-22(20)31-24(23)18-8-6-5-7-9-18/h5-15,26H,4H2,1-3H3. The highest BCUT2D eigenvalue weighted by Crippen LogP contribution is 2.37. The number of furan rings is 1. The van der Waals surface area contributed by atoms with Gasteiger partial charge in [-0.15, -0.1) is 0 Å². The number of hydrogen-bond donors (Lipinski definition) is 1. The van der Waals surface area contributed by atoms with Crippen LogP contribution < -0.4 is 4.72 Å². The van der Waals surface area contributed by atoms with Crippen molar-refractivity contribution in [3.8, 4) is 11.3 Å². The summed E-state index contributed by atoms with van der Waals surface area (Å²) in [7, 11) is -3.81. The molecule has 1 heterocycles. The van der Waals surface area contributed by atoms with Gasteiger partial charge in [0.15, 0.2) is 0 Å². The van der Waals surface area contributed by atoms with E-state index in [1.807, 2.05) is 37.3 Å². The van der Waals surface area contributed by atoms with E-state index in [2.05, 4.69) is 4.72 Å². The van der Waals surface area contributed by atoms with E-state index in [-0.39, 0.29) is 17.1 Å². The molecule has 0 atom stereocenters. The van der Waals surface area contributed by atoms with E-state index in [4.69, 9.17) is 9.15 Å². The Morgan fingerprint density at radius 2 is 1.69 bits per heavy atom. The van der Waals surface area contributed by atoms with Gasteiger partial charge in [-0.05, 0) is 50.6 Å². The van der Waals surface area contributed by atoms with E-state index in [1.165, 1.54) is 0 Å². The van der Waals surface area contributed by atoms with Crippen LogP contribution in [0.1, 0.15) is 28.4 Å². The maximum Gasteiger partial charge on any atom is 0.342 e. The molecule has 0 amide bonds. The van der Waals surface area contributed by atoms with Crippen LogP contribution in [0, 0.1) is 13.8 Å². The summed E-state index contributed by atoms with van der Waals surface area (Å²) in [6.45, 7) is 5.61. The average Bonchev–Trinajstić information content (AvgIpc) is 3.13. The number of nitrogens with one attached hydrogen (secondary N) is 1. The van der Waals surface area contributed by atoms with Crippen molar-refractivity contribution in [3.63, 3.8) is 0 Å². The third kappa shape index (κ3) is 4.11. The third-order valence-corrected chi connectivity index (χ3v) is 6.51. The van der Waals surface area contributed by atoms with Crippen LogP contribution in [0.5, 0.6) is 0 Å². The molecule has 0 aliphatic heterocycles. The number of carbonyl (C=O) groups excluding carboxylic acids is 1. The fourth-order valence-electron chi connectivity index (χ4n) is 3.47. The minimum Gasteiger partial charge on any atom is -0.462 e. The number of fused-ring (bicyclic) bond motifs is 1. The molecule has 4 aromatic rings. The van der Waals surface area contributed by atoms with Crippen molar-refractivity contribution >= 4 is 32.6 Å². The summed E-state index contributed by atoms with van der Waals surface area (Å²) >= 11 is 0. The second-order valence-corrected chi connectivity index (χ2v) is 9.16. The summed E-state index contributed by atoms with van der Waals surface area (Å²) in [5.74, 6) is -0.140. The fraction of sp³-hybridized carbons (Fsp3) is 0.160. The maximum atomic E-state index is 12.9. The zero-order valence-corrected chi connectivity index (χ0v) is 18.8. The lowest BCUT2D eigenvalue weighted by molar-refractivity contribution is 0.0528. The molecular weight excluding hydrogens is 426 g/mol. The SMILES string of the molecule is CCOC(=O)c1c(-c2ccccc2)oc2cc(C)c(NS(=O)(=O)c3ccc(C)cc3)cc12. The van der Waals surface area contributed by atoms with E-state index in [1.54, 1.807) is 50.2 Å². The largest absolute Gasteiger partial charge is 0.462 e. The van der Waals surface area contributed by atoms with Gasteiger partial charge in [0.2, 0.25) is 0 Å². The number of sulfonamides is 1. The zero-order valence-electron chi connectivity index (χ0n) is 18.0. The monoisotopic (exact) mass is 449 g/mol. The van der Waals surface area contributed by atoms with Gasteiger partial charge in [0.25, 0.3) is 10.0 Å². The minimum atomic E-state index is -3.81. The fourth-order valence-corrected chi connectivity index (χ4v) is 4.60. The number of aryl methyl sites for hydroxylation is 2.